The number of rotatable bonds is 6. The summed E-state index contributed by atoms with van der Waals surface area (Å²) in [4.78, 5) is 2.36. The van der Waals surface area contributed by atoms with Crippen molar-refractivity contribution in [3.05, 3.63) is 60.2 Å². The molecule has 0 aliphatic carbocycles. The van der Waals surface area contributed by atoms with E-state index in [1.807, 2.05) is 42.5 Å². The summed E-state index contributed by atoms with van der Waals surface area (Å²) < 4.78 is 18.8. The highest BCUT2D eigenvalue weighted by Crippen LogP contribution is 2.28. The minimum Gasteiger partial charge on any atom is -0.457 e. The highest BCUT2D eigenvalue weighted by atomic mass is 19.1. The van der Waals surface area contributed by atoms with Gasteiger partial charge in [-0.2, -0.15) is 0 Å². The quantitative estimate of drug-likeness (QED) is 0.878. The van der Waals surface area contributed by atoms with E-state index in [9.17, 15) is 4.39 Å². The standard InChI is InChI=1S/C19H23FN2O/c20-11-10-19(22-14-12-21-13-15-22)16-6-8-18(9-7-16)23-17-4-2-1-3-5-17/h1-9,19,21H,10-15H2/t19-/m0/s1. The number of para-hydroxylation sites is 1. The number of piperazine rings is 1. The summed E-state index contributed by atoms with van der Waals surface area (Å²) in [6.07, 6.45) is 0.541. The van der Waals surface area contributed by atoms with Gasteiger partial charge in [-0.1, -0.05) is 30.3 Å². The third-order valence-corrected chi connectivity index (χ3v) is 4.22. The summed E-state index contributed by atoms with van der Waals surface area (Å²) in [6, 6.07) is 17.9. The van der Waals surface area contributed by atoms with Crippen LogP contribution >= 0.6 is 0 Å². The first-order chi connectivity index (χ1) is 11.4. The van der Waals surface area contributed by atoms with Gasteiger partial charge in [-0.25, -0.2) is 0 Å². The van der Waals surface area contributed by atoms with E-state index in [0.717, 1.165) is 43.2 Å². The van der Waals surface area contributed by atoms with Gasteiger partial charge in [-0.3, -0.25) is 9.29 Å². The lowest BCUT2D eigenvalue weighted by Gasteiger charge is -2.35. The van der Waals surface area contributed by atoms with Crippen molar-refractivity contribution in [2.45, 2.75) is 12.5 Å². The molecule has 0 unspecified atom stereocenters. The molecule has 1 aliphatic heterocycles. The third-order valence-electron chi connectivity index (χ3n) is 4.22. The number of nitrogens with zero attached hydrogens (tertiary/aromatic N) is 1. The van der Waals surface area contributed by atoms with Gasteiger partial charge in [0.05, 0.1) is 6.67 Å². The van der Waals surface area contributed by atoms with E-state index >= 15 is 0 Å². The summed E-state index contributed by atoms with van der Waals surface area (Å²) >= 11 is 0. The second-order valence-electron chi connectivity index (χ2n) is 5.76. The van der Waals surface area contributed by atoms with E-state index in [-0.39, 0.29) is 12.7 Å². The topological polar surface area (TPSA) is 24.5 Å². The molecule has 1 heterocycles. The van der Waals surface area contributed by atoms with Crippen LogP contribution in [0.5, 0.6) is 11.5 Å². The van der Waals surface area contributed by atoms with Crippen LogP contribution in [-0.2, 0) is 0 Å². The van der Waals surface area contributed by atoms with E-state index in [1.54, 1.807) is 0 Å². The SMILES string of the molecule is FCC[C@@H](c1ccc(Oc2ccccc2)cc1)N1CCNCC1. The zero-order chi connectivity index (χ0) is 15.9. The fourth-order valence-corrected chi connectivity index (χ4v) is 3.04. The molecule has 0 saturated carbocycles. The van der Waals surface area contributed by atoms with Crippen LogP contribution in [0.15, 0.2) is 54.6 Å². The molecule has 1 saturated heterocycles. The molecule has 4 heteroatoms. The Labute approximate surface area is 137 Å². The summed E-state index contributed by atoms with van der Waals surface area (Å²) in [6.45, 7) is 3.58. The molecule has 1 fully saturated rings. The summed E-state index contributed by atoms with van der Waals surface area (Å²) in [5.41, 5.74) is 1.16. The van der Waals surface area contributed by atoms with Crippen molar-refractivity contribution in [1.29, 1.82) is 0 Å². The van der Waals surface area contributed by atoms with Crippen LogP contribution in [0, 0.1) is 0 Å². The van der Waals surface area contributed by atoms with E-state index in [4.69, 9.17) is 4.74 Å². The summed E-state index contributed by atoms with van der Waals surface area (Å²) in [7, 11) is 0. The largest absolute Gasteiger partial charge is 0.457 e. The van der Waals surface area contributed by atoms with Crippen molar-refractivity contribution in [2.75, 3.05) is 32.9 Å². The molecule has 1 aliphatic rings. The van der Waals surface area contributed by atoms with Gasteiger partial charge >= 0.3 is 0 Å². The zero-order valence-electron chi connectivity index (χ0n) is 13.2. The zero-order valence-corrected chi connectivity index (χ0v) is 13.2. The fourth-order valence-electron chi connectivity index (χ4n) is 3.04. The fraction of sp³-hybridized carbons (Fsp3) is 0.368. The molecule has 1 N–H and O–H groups in total. The van der Waals surface area contributed by atoms with Gasteiger partial charge in [0.15, 0.2) is 0 Å². The molecular weight excluding hydrogens is 291 g/mol. The Kier molecular flexibility index (Phi) is 5.61. The van der Waals surface area contributed by atoms with Crippen LogP contribution in [0.2, 0.25) is 0 Å². The maximum absolute atomic E-state index is 13.0. The molecule has 0 amide bonds. The smallest absolute Gasteiger partial charge is 0.127 e. The van der Waals surface area contributed by atoms with Crippen molar-refractivity contribution in [3.8, 4) is 11.5 Å². The lowest BCUT2D eigenvalue weighted by molar-refractivity contribution is 0.157. The van der Waals surface area contributed by atoms with Crippen molar-refractivity contribution in [1.82, 2.24) is 10.2 Å². The first kappa shape index (κ1) is 16.0. The van der Waals surface area contributed by atoms with E-state index < -0.39 is 0 Å². The first-order valence-corrected chi connectivity index (χ1v) is 8.20. The maximum Gasteiger partial charge on any atom is 0.127 e. The van der Waals surface area contributed by atoms with Gasteiger partial charge in [0.1, 0.15) is 11.5 Å². The predicted molar refractivity (Wildman–Crippen MR) is 90.7 cm³/mol. The molecule has 2 aromatic carbocycles. The van der Waals surface area contributed by atoms with E-state index in [0.29, 0.717) is 6.42 Å². The van der Waals surface area contributed by atoms with E-state index in [1.165, 1.54) is 0 Å². The summed E-state index contributed by atoms with van der Waals surface area (Å²) in [5.74, 6) is 1.63. The molecule has 1 atom stereocenters. The molecule has 23 heavy (non-hydrogen) atoms. The van der Waals surface area contributed by atoms with Crippen LogP contribution < -0.4 is 10.1 Å². The monoisotopic (exact) mass is 314 g/mol. The Balaban J connectivity index is 1.70. The number of ether oxygens (including phenoxy) is 1. The second kappa shape index (κ2) is 8.09. The van der Waals surface area contributed by atoms with Gasteiger partial charge in [-0.15, -0.1) is 0 Å². The minimum atomic E-state index is -0.295. The molecule has 0 spiro atoms. The van der Waals surface area contributed by atoms with Crippen LogP contribution in [0.1, 0.15) is 18.0 Å². The number of hydrogen-bond acceptors (Lipinski definition) is 3. The predicted octanol–water partition coefficient (Wildman–Crippen LogP) is 3.78. The second-order valence-corrected chi connectivity index (χ2v) is 5.76. The van der Waals surface area contributed by atoms with Gasteiger partial charge in [0.2, 0.25) is 0 Å². The minimum absolute atomic E-state index is 0.146. The van der Waals surface area contributed by atoms with Crippen molar-refractivity contribution in [2.24, 2.45) is 0 Å². The molecule has 2 aromatic rings. The molecule has 122 valence electrons. The molecule has 0 radical (unpaired) electrons. The number of hydrogen-bond donors (Lipinski definition) is 1. The molecular formula is C19H23FN2O. The third kappa shape index (κ3) is 4.30. The Morgan fingerprint density at radius 3 is 2.26 bits per heavy atom. The highest BCUT2D eigenvalue weighted by molar-refractivity contribution is 5.34. The molecule has 0 aromatic heterocycles. The Morgan fingerprint density at radius 1 is 0.957 bits per heavy atom. The lowest BCUT2D eigenvalue weighted by Crippen LogP contribution is -2.45. The highest BCUT2D eigenvalue weighted by Gasteiger charge is 2.21. The Morgan fingerprint density at radius 2 is 1.61 bits per heavy atom. The molecule has 0 bridgehead atoms. The van der Waals surface area contributed by atoms with Crippen molar-refractivity contribution >= 4 is 0 Å². The van der Waals surface area contributed by atoms with Crippen molar-refractivity contribution in [3.63, 3.8) is 0 Å². The maximum atomic E-state index is 13.0. The number of benzene rings is 2. The summed E-state index contributed by atoms with van der Waals surface area (Å²) in [5, 5.41) is 3.34. The Bertz CT molecular complexity index is 582. The van der Waals surface area contributed by atoms with Gasteiger partial charge in [0, 0.05) is 32.2 Å². The number of nitrogens with one attached hydrogen (secondary N) is 1. The van der Waals surface area contributed by atoms with Crippen LogP contribution in [0.3, 0.4) is 0 Å². The number of alkyl halides is 1. The van der Waals surface area contributed by atoms with Gasteiger partial charge in [-0.05, 0) is 36.2 Å². The average Bonchev–Trinajstić information content (AvgIpc) is 2.62. The molecule has 3 rings (SSSR count). The van der Waals surface area contributed by atoms with Gasteiger partial charge in [0.25, 0.3) is 0 Å². The first-order valence-electron chi connectivity index (χ1n) is 8.20. The van der Waals surface area contributed by atoms with E-state index in [2.05, 4.69) is 22.3 Å². The molecule has 3 nitrogen and oxygen atoms in total. The van der Waals surface area contributed by atoms with Crippen LogP contribution in [-0.4, -0.2) is 37.8 Å². The van der Waals surface area contributed by atoms with Crippen LogP contribution in [0.25, 0.3) is 0 Å². The van der Waals surface area contributed by atoms with Gasteiger partial charge < -0.3 is 10.1 Å². The van der Waals surface area contributed by atoms with Crippen molar-refractivity contribution < 1.29 is 9.13 Å². The number of halogens is 1. The lowest BCUT2D eigenvalue weighted by atomic mass is 10.0. The Hall–Kier alpha value is -1.91. The average molecular weight is 314 g/mol. The normalized spacial score (nSPS) is 16.9. The van der Waals surface area contributed by atoms with Crippen LogP contribution in [0.4, 0.5) is 4.39 Å².